The number of phenols is 1. The first kappa shape index (κ1) is 12.7. The van der Waals surface area contributed by atoms with Crippen molar-refractivity contribution >= 4 is 11.6 Å². The van der Waals surface area contributed by atoms with Gasteiger partial charge in [-0.15, -0.1) is 0 Å². The van der Waals surface area contributed by atoms with Crippen molar-refractivity contribution in [3.63, 3.8) is 0 Å². The molecule has 0 amide bonds. The third kappa shape index (κ3) is 3.35. The minimum atomic E-state index is 0.279. The average molecular weight is 256 g/mol. The minimum Gasteiger partial charge on any atom is -0.508 e. The molecule has 0 radical (unpaired) electrons. The van der Waals surface area contributed by atoms with Crippen LogP contribution in [0.15, 0.2) is 18.2 Å². The van der Waals surface area contributed by atoms with Crippen molar-refractivity contribution in [2.45, 2.75) is 38.5 Å². The Kier molecular flexibility index (Phi) is 4.26. The van der Waals surface area contributed by atoms with E-state index in [2.05, 4.69) is 12.2 Å². The van der Waals surface area contributed by atoms with Gasteiger partial charge in [0.1, 0.15) is 5.75 Å². The van der Waals surface area contributed by atoms with Crippen molar-refractivity contribution in [1.82, 2.24) is 5.32 Å². The van der Waals surface area contributed by atoms with Gasteiger partial charge in [0.25, 0.3) is 0 Å². The van der Waals surface area contributed by atoms with Gasteiger partial charge in [-0.25, -0.2) is 0 Å². The fourth-order valence-corrected chi connectivity index (χ4v) is 2.29. The zero-order chi connectivity index (χ0) is 12.3. The lowest BCUT2D eigenvalue weighted by atomic mass is 10.1. The molecule has 2 rings (SSSR count). The predicted octanol–water partition coefficient (Wildman–Crippen LogP) is 2.70. The van der Waals surface area contributed by atoms with Gasteiger partial charge in [-0.3, -0.25) is 0 Å². The zero-order valence-corrected chi connectivity index (χ0v) is 10.7. The van der Waals surface area contributed by atoms with Gasteiger partial charge >= 0.3 is 0 Å². The summed E-state index contributed by atoms with van der Waals surface area (Å²) >= 11 is 5.90. The summed E-state index contributed by atoms with van der Waals surface area (Å²) in [4.78, 5) is 0. The molecule has 1 aromatic carbocycles. The molecule has 3 nitrogen and oxygen atoms in total. The molecule has 94 valence electrons. The van der Waals surface area contributed by atoms with Crippen LogP contribution in [0.1, 0.15) is 25.3 Å². The Labute approximate surface area is 107 Å². The molecule has 0 aliphatic carbocycles. The molecular formula is C13H18ClNO2. The zero-order valence-electron chi connectivity index (χ0n) is 9.95. The molecular weight excluding hydrogens is 238 g/mol. The number of nitrogens with one attached hydrogen (secondary N) is 1. The van der Waals surface area contributed by atoms with Crippen LogP contribution in [-0.2, 0) is 11.3 Å². The van der Waals surface area contributed by atoms with Crippen molar-refractivity contribution in [2.75, 3.05) is 6.61 Å². The maximum absolute atomic E-state index is 9.68. The average Bonchev–Trinajstić information content (AvgIpc) is 2.83. The second kappa shape index (κ2) is 5.71. The quantitative estimate of drug-likeness (QED) is 0.869. The van der Waals surface area contributed by atoms with Gasteiger partial charge in [0.2, 0.25) is 0 Å². The van der Waals surface area contributed by atoms with Crippen LogP contribution < -0.4 is 5.32 Å². The Morgan fingerprint density at radius 3 is 3.12 bits per heavy atom. The molecule has 2 N–H and O–H groups in total. The first-order chi connectivity index (χ1) is 8.16. The summed E-state index contributed by atoms with van der Waals surface area (Å²) in [5, 5.41) is 13.7. The van der Waals surface area contributed by atoms with Crippen LogP contribution in [0.5, 0.6) is 5.75 Å². The Morgan fingerprint density at radius 2 is 2.41 bits per heavy atom. The summed E-state index contributed by atoms with van der Waals surface area (Å²) in [5.41, 5.74) is 0.822. The summed E-state index contributed by atoms with van der Waals surface area (Å²) in [5.74, 6) is 0.279. The van der Waals surface area contributed by atoms with Gasteiger partial charge in [0.05, 0.1) is 6.10 Å². The van der Waals surface area contributed by atoms with Gasteiger partial charge in [-0.2, -0.15) is 0 Å². The highest BCUT2D eigenvalue weighted by Crippen LogP contribution is 2.22. The van der Waals surface area contributed by atoms with Crippen LogP contribution in [-0.4, -0.2) is 23.9 Å². The molecule has 2 unspecified atom stereocenters. The molecule has 1 fully saturated rings. The second-order valence-corrected chi connectivity index (χ2v) is 4.93. The second-order valence-electron chi connectivity index (χ2n) is 4.49. The Morgan fingerprint density at radius 1 is 1.59 bits per heavy atom. The van der Waals surface area contributed by atoms with Crippen molar-refractivity contribution in [3.05, 3.63) is 28.8 Å². The van der Waals surface area contributed by atoms with E-state index in [1.54, 1.807) is 18.2 Å². The third-order valence-electron chi connectivity index (χ3n) is 3.18. The van der Waals surface area contributed by atoms with Crippen LogP contribution in [0.25, 0.3) is 0 Å². The molecule has 17 heavy (non-hydrogen) atoms. The van der Waals surface area contributed by atoms with Gasteiger partial charge in [0.15, 0.2) is 0 Å². The Bertz CT molecular complexity index is 378. The largest absolute Gasteiger partial charge is 0.508 e. The molecule has 1 heterocycles. The van der Waals surface area contributed by atoms with E-state index in [1.165, 1.54) is 0 Å². The van der Waals surface area contributed by atoms with Crippen LogP contribution in [0, 0.1) is 0 Å². The Hall–Kier alpha value is -0.770. The fourth-order valence-electron chi connectivity index (χ4n) is 2.09. The van der Waals surface area contributed by atoms with Crippen LogP contribution in [0.2, 0.25) is 5.02 Å². The SMILES string of the molecule is CC(NCc1cc(Cl)ccc1O)C1CCCO1. The van der Waals surface area contributed by atoms with Gasteiger partial charge < -0.3 is 15.2 Å². The van der Waals surface area contributed by atoms with E-state index in [9.17, 15) is 5.11 Å². The van der Waals surface area contributed by atoms with E-state index in [0.29, 0.717) is 11.6 Å². The lowest BCUT2D eigenvalue weighted by molar-refractivity contribution is 0.0831. The predicted molar refractivity (Wildman–Crippen MR) is 68.4 cm³/mol. The molecule has 1 aromatic rings. The number of halogens is 1. The number of rotatable bonds is 4. The number of ether oxygens (including phenoxy) is 1. The van der Waals surface area contributed by atoms with E-state index in [1.807, 2.05) is 0 Å². The van der Waals surface area contributed by atoms with Crippen molar-refractivity contribution in [3.8, 4) is 5.75 Å². The lowest BCUT2D eigenvalue weighted by Crippen LogP contribution is -2.36. The molecule has 0 spiro atoms. The number of benzene rings is 1. The van der Waals surface area contributed by atoms with Gasteiger partial charge in [0, 0.05) is 29.8 Å². The number of phenolic OH excluding ortho intramolecular Hbond substituents is 1. The first-order valence-corrected chi connectivity index (χ1v) is 6.37. The summed E-state index contributed by atoms with van der Waals surface area (Å²) in [7, 11) is 0. The number of hydrogen-bond acceptors (Lipinski definition) is 3. The topological polar surface area (TPSA) is 41.5 Å². The highest BCUT2D eigenvalue weighted by molar-refractivity contribution is 6.30. The van der Waals surface area contributed by atoms with Crippen molar-refractivity contribution in [1.29, 1.82) is 0 Å². The molecule has 2 atom stereocenters. The minimum absolute atomic E-state index is 0.279. The van der Waals surface area contributed by atoms with Crippen molar-refractivity contribution in [2.24, 2.45) is 0 Å². The highest BCUT2D eigenvalue weighted by atomic mass is 35.5. The van der Waals surface area contributed by atoms with E-state index in [0.717, 1.165) is 25.0 Å². The molecule has 4 heteroatoms. The standard InChI is InChI=1S/C13H18ClNO2/c1-9(13-3-2-6-17-13)15-8-10-7-11(14)4-5-12(10)16/h4-5,7,9,13,15-16H,2-3,6,8H2,1H3. The Balaban J connectivity index is 1.90. The van der Waals surface area contributed by atoms with E-state index in [-0.39, 0.29) is 17.9 Å². The molecule has 1 aliphatic rings. The molecule has 0 saturated carbocycles. The summed E-state index contributed by atoms with van der Waals surface area (Å²) in [6.45, 7) is 3.57. The van der Waals surface area contributed by atoms with Crippen LogP contribution in [0.4, 0.5) is 0 Å². The first-order valence-electron chi connectivity index (χ1n) is 5.99. The lowest BCUT2D eigenvalue weighted by Gasteiger charge is -2.20. The third-order valence-corrected chi connectivity index (χ3v) is 3.41. The van der Waals surface area contributed by atoms with Crippen LogP contribution in [0.3, 0.4) is 0 Å². The molecule has 0 bridgehead atoms. The molecule has 1 saturated heterocycles. The molecule has 0 aromatic heterocycles. The highest BCUT2D eigenvalue weighted by Gasteiger charge is 2.21. The summed E-state index contributed by atoms with van der Waals surface area (Å²) < 4.78 is 5.61. The maximum atomic E-state index is 9.68. The monoisotopic (exact) mass is 255 g/mol. The smallest absolute Gasteiger partial charge is 0.120 e. The number of aromatic hydroxyl groups is 1. The van der Waals surface area contributed by atoms with Crippen LogP contribution >= 0.6 is 11.6 Å². The maximum Gasteiger partial charge on any atom is 0.120 e. The van der Waals surface area contributed by atoms with Gasteiger partial charge in [-0.05, 0) is 38.0 Å². The fraction of sp³-hybridized carbons (Fsp3) is 0.538. The summed E-state index contributed by atoms with van der Waals surface area (Å²) in [6.07, 6.45) is 2.53. The van der Waals surface area contributed by atoms with Crippen molar-refractivity contribution < 1.29 is 9.84 Å². The normalized spacial score (nSPS) is 21.6. The van der Waals surface area contributed by atoms with Gasteiger partial charge in [-0.1, -0.05) is 11.6 Å². The van der Waals surface area contributed by atoms with E-state index in [4.69, 9.17) is 16.3 Å². The number of hydrogen-bond donors (Lipinski definition) is 2. The summed E-state index contributed by atoms with van der Waals surface area (Å²) in [6, 6.07) is 5.38. The van der Waals surface area contributed by atoms with E-state index < -0.39 is 0 Å². The van der Waals surface area contributed by atoms with E-state index >= 15 is 0 Å². The molecule has 1 aliphatic heterocycles.